The SMILES string of the molecule is COC(C[N+](=O)[O-])(c1ccccc1)c1ccccc1. The maximum atomic E-state index is 11.0. The lowest BCUT2D eigenvalue weighted by Crippen LogP contribution is -2.37. The fourth-order valence-electron chi connectivity index (χ4n) is 2.25. The third-order valence-electron chi connectivity index (χ3n) is 3.18. The highest BCUT2D eigenvalue weighted by molar-refractivity contribution is 5.36. The first-order chi connectivity index (χ1) is 9.19. The number of nitrogens with zero attached hydrogens (tertiary/aromatic N) is 1. The summed E-state index contributed by atoms with van der Waals surface area (Å²) in [6.45, 7) is -0.308. The van der Waals surface area contributed by atoms with Gasteiger partial charge in [0.15, 0.2) is 5.60 Å². The molecule has 0 saturated heterocycles. The number of hydrogen-bond acceptors (Lipinski definition) is 3. The highest BCUT2D eigenvalue weighted by atomic mass is 16.6. The molecule has 0 saturated carbocycles. The molecule has 0 atom stereocenters. The van der Waals surface area contributed by atoms with E-state index in [0.717, 1.165) is 11.1 Å². The van der Waals surface area contributed by atoms with E-state index in [1.54, 1.807) is 0 Å². The van der Waals surface area contributed by atoms with Crippen molar-refractivity contribution in [3.05, 3.63) is 81.9 Å². The van der Waals surface area contributed by atoms with Gasteiger partial charge in [0.25, 0.3) is 0 Å². The van der Waals surface area contributed by atoms with Gasteiger partial charge in [-0.2, -0.15) is 0 Å². The normalized spacial score (nSPS) is 11.2. The van der Waals surface area contributed by atoms with Crippen LogP contribution in [-0.2, 0) is 10.3 Å². The van der Waals surface area contributed by atoms with Gasteiger partial charge in [0.2, 0.25) is 6.54 Å². The predicted octanol–water partition coefficient (Wildman–Crippen LogP) is 2.85. The number of methoxy groups -OCH3 is 1. The number of benzene rings is 2. The first-order valence-electron chi connectivity index (χ1n) is 5.97. The van der Waals surface area contributed by atoms with E-state index in [2.05, 4.69) is 0 Å². The molecule has 98 valence electrons. The monoisotopic (exact) mass is 257 g/mol. The molecule has 0 bridgehead atoms. The topological polar surface area (TPSA) is 52.4 Å². The van der Waals surface area contributed by atoms with Crippen LogP contribution in [0.5, 0.6) is 0 Å². The molecule has 0 unspecified atom stereocenters. The Labute approximate surface area is 111 Å². The molecule has 0 aliphatic carbocycles. The zero-order valence-electron chi connectivity index (χ0n) is 10.7. The number of rotatable bonds is 5. The Bertz CT molecular complexity index is 500. The minimum absolute atomic E-state index is 0.308. The van der Waals surface area contributed by atoms with Crippen molar-refractivity contribution in [2.24, 2.45) is 0 Å². The van der Waals surface area contributed by atoms with Gasteiger partial charge in [0.05, 0.1) is 0 Å². The van der Waals surface area contributed by atoms with Crippen molar-refractivity contribution < 1.29 is 9.66 Å². The number of hydrogen-bond donors (Lipinski definition) is 0. The Kier molecular flexibility index (Phi) is 3.92. The molecular weight excluding hydrogens is 242 g/mol. The second kappa shape index (κ2) is 5.63. The van der Waals surface area contributed by atoms with Crippen molar-refractivity contribution in [3.63, 3.8) is 0 Å². The van der Waals surface area contributed by atoms with Crippen LogP contribution in [0.2, 0.25) is 0 Å². The van der Waals surface area contributed by atoms with Gasteiger partial charge in [-0.25, -0.2) is 0 Å². The quantitative estimate of drug-likeness (QED) is 0.611. The first-order valence-corrected chi connectivity index (χ1v) is 5.97. The van der Waals surface area contributed by atoms with Gasteiger partial charge in [-0.3, -0.25) is 10.1 Å². The maximum Gasteiger partial charge on any atom is 0.240 e. The van der Waals surface area contributed by atoms with Crippen LogP contribution in [0, 0.1) is 10.1 Å². The summed E-state index contributed by atoms with van der Waals surface area (Å²) in [6.07, 6.45) is 0. The fraction of sp³-hybridized carbons (Fsp3) is 0.200. The summed E-state index contributed by atoms with van der Waals surface area (Å²) in [4.78, 5) is 10.7. The Morgan fingerprint density at radius 2 is 1.42 bits per heavy atom. The van der Waals surface area contributed by atoms with Crippen LogP contribution in [0.1, 0.15) is 11.1 Å². The van der Waals surface area contributed by atoms with Crippen LogP contribution in [0.3, 0.4) is 0 Å². The molecule has 0 aliphatic heterocycles. The largest absolute Gasteiger partial charge is 0.362 e. The average molecular weight is 257 g/mol. The molecule has 0 heterocycles. The van der Waals surface area contributed by atoms with E-state index in [1.807, 2.05) is 60.7 Å². The van der Waals surface area contributed by atoms with E-state index in [0.29, 0.717) is 0 Å². The van der Waals surface area contributed by atoms with Crippen molar-refractivity contribution >= 4 is 0 Å². The Hall–Kier alpha value is -2.20. The van der Waals surface area contributed by atoms with Crippen molar-refractivity contribution in [2.75, 3.05) is 13.7 Å². The number of ether oxygens (including phenoxy) is 1. The van der Waals surface area contributed by atoms with Crippen LogP contribution in [0.15, 0.2) is 60.7 Å². The van der Waals surface area contributed by atoms with Gasteiger partial charge in [-0.1, -0.05) is 60.7 Å². The van der Waals surface area contributed by atoms with Crippen LogP contribution in [0.4, 0.5) is 0 Å². The lowest BCUT2D eigenvalue weighted by Gasteiger charge is -2.29. The summed E-state index contributed by atoms with van der Waals surface area (Å²) >= 11 is 0. The molecule has 19 heavy (non-hydrogen) atoms. The van der Waals surface area contributed by atoms with Gasteiger partial charge in [0.1, 0.15) is 0 Å². The molecule has 0 fully saturated rings. The summed E-state index contributed by atoms with van der Waals surface area (Å²) < 4.78 is 5.58. The van der Waals surface area contributed by atoms with Crippen molar-refractivity contribution in [1.29, 1.82) is 0 Å². The van der Waals surface area contributed by atoms with E-state index < -0.39 is 5.60 Å². The second-order valence-corrected chi connectivity index (χ2v) is 4.25. The van der Waals surface area contributed by atoms with Crippen molar-refractivity contribution in [1.82, 2.24) is 0 Å². The molecular formula is C15H15NO3. The fourth-order valence-corrected chi connectivity index (χ4v) is 2.25. The lowest BCUT2D eigenvalue weighted by molar-refractivity contribution is -0.500. The van der Waals surface area contributed by atoms with Crippen LogP contribution < -0.4 is 0 Å². The Balaban J connectivity index is 2.58. The highest BCUT2D eigenvalue weighted by Gasteiger charge is 2.39. The summed E-state index contributed by atoms with van der Waals surface area (Å²) in [7, 11) is 1.50. The molecule has 0 aromatic heterocycles. The smallest absolute Gasteiger partial charge is 0.240 e. The Morgan fingerprint density at radius 3 is 1.74 bits per heavy atom. The molecule has 2 rings (SSSR count). The average Bonchev–Trinajstić information content (AvgIpc) is 2.46. The zero-order chi connectivity index (χ0) is 13.7. The molecule has 4 heteroatoms. The van der Waals surface area contributed by atoms with E-state index in [1.165, 1.54) is 7.11 Å². The molecule has 0 N–H and O–H groups in total. The van der Waals surface area contributed by atoms with Crippen LogP contribution in [0.25, 0.3) is 0 Å². The van der Waals surface area contributed by atoms with Crippen molar-refractivity contribution in [2.45, 2.75) is 5.60 Å². The molecule has 2 aromatic rings. The minimum Gasteiger partial charge on any atom is -0.362 e. The third-order valence-corrected chi connectivity index (χ3v) is 3.18. The molecule has 0 amide bonds. The van der Waals surface area contributed by atoms with E-state index >= 15 is 0 Å². The van der Waals surface area contributed by atoms with E-state index in [-0.39, 0.29) is 11.5 Å². The van der Waals surface area contributed by atoms with Crippen LogP contribution in [-0.4, -0.2) is 18.6 Å². The minimum atomic E-state index is -1.05. The zero-order valence-corrected chi connectivity index (χ0v) is 10.7. The van der Waals surface area contributed by atoms with Gasteiger partial charge in [-0.15, -0.1) is 0 Å². The van der Waals surface area contributed by atoms with Gasteiger partial charge < -0.3 is 4.74 Å². The van der Waals surface area contributed by atoms with E-state index in [4.69, 9.17) is 4.74 Å². The van der Waals surface area contributed by atoms with Gasteiger partial charge >= 0.3 is 0 Å². The van der Waals surface area contributed by atoms with Crippen LogP contribution >= 0.6 is 0 Å². The predicted molar refractivity (Wildman–Crippen MR) is 72.5 cm³/mol. The third kappa shape index (κ3) is 2.63. The molecule has 2 aromatic carbocycles. The second-order valence-electron chi connectivity index (χ2n) is 4.25. The summed E-state index contributed by atoms with van der Waals surface area (Å²) in [6, 6.07) is 18.6. The van der Waals surface area contributed by atoms with Gasteiger partial charge in [0, 0.05) is 12.0 Å². The number of nitro groups is 1. The van der Waals surface area contributed by atoms with Crippen molar-refractivity contribution in [3.8, 4) is 0 Å². The molecule has 0 radical (unpaired) electrons. The lowest BCUT2D eigenvalue weighted by atomic mass is 9.86. The van der Waals surface area contributed by atoms with E-state index in [9.17, 15) is 10.1 Å². The first kappa shape index (κ1) is 13.2. The molecule has 0 aliphatic rings. The molecule has 0 spiro atoms. The summed E-state index contributed by atoms with van der Waals surface area (Å²) in [5.74, 6) is 0. The Morgan fingerprint density at radius 1 is 1.00 bits per heavy atom. The highest BCUT2D eigenvalue weighted by Crippen LogP contribution is 2.33. The standard InChI is InChI=1S/C15H15NO3/c1-19-15(12-16(17)18,13-8-4-2-5-9-13)14-10-6-3-7-11-14/h2-11H,12H2,1H3. The summed E-state index contributed by atoms with van der Waals surface area (Å²) in [5, 5.41) is 11.0. The summed E-state index contributed by atoms with van der Waals surface area (Å²) in [5.41, 5.74) is 0.507. The maximum absolute atomic E-state index is 11.0. The molecule has 4 nitrogen and oxygen atoms in total. The van der Waals surface area contributed by atoms with Gasteiger partial charge in [-0.05, 0) is 11.1 Å².